The van der Waals surface area contributed by atoms with Gasteiger partial charge in [0.2, 0.25) is 5.89 Å². The summed E-state index contributed by atoms with van der Waals surface area (Å²) < 4.78 is 6.26. The molecule has 2 heterocycles. The minimum Gasteiger partial charge on any atom is -0.480 e. The smallest absolute Gasteiger partial charge is 0.320 e. The second-order valence-corrected chi connectivity index (χ2v) is 6.29. The van der Waals surface area contributed by atoms with E-state index in [9.17, 15) is 9.90 Å². The molecular formula is C15H16BrN3O3. The molecule has 1 unspecified atom stereocenters. The number of carboxylic acid groups (broad SMARTS) is 1. The Morgan fingerprint density at radius 2 is 2.36 bits per heavy atom. The molecule has 116 valence electrons. The van der Waals surface area contributed by atoms with E-state index in [1.807, 2.05) is 29.2 Å². The van der Waals surface area contributed by atoms with Crippen LogP contribution in [0.1, 0.15) is 30.1 Å². The number of aliphatic carboxylic acids is 1. The van der Waals surface area contributed by atoms with Gasteiger partial charge in [-0.15, -0.1) is 0 Å². The van der Waals surface area contributed by atoms with Crippen LogP contribution in [0.25, 0.3) is 0 Å². The van der Waals surface area contributed by atoms with Gasteiger partial charge in [0.25, 0.3) is 0 Å². The summed E-state index contributed by atoms with van der Waals surface area (Å²) in [5, 5.41) is 13.2. The topological polar surface area (TPSA) is 79.5 Å². The van der Waals surface area contributed by atoms with Crippen LogP contribution in [0.5, 0.6) is 0 Å². The summed E-state index contributed by atoms with van der Waals surface area (Å²) in [7, 11) is 0. The van der Waals surface area contributed by atoms with E-state index >= 15 is 0 Å². The van der Waals surface area contributed by atoms with E-state index in [2.05, 4.69) is 26.1 Å². The van der Waals surface area contributed by atoms with Crippen LogP contribution in [0.4, 0.5) is 0 Å². The Balaban J connectivity index is 1.65. The number of rotatable bonds is 5. The largest absolute Gasteiger partial charge is 0.480 e. The zero-order chi connectivity index (χ0) is 15.5. The molecule has 1 aliphatic rings. The van der Waals surface area contributed by atoms with Gasteiger partial charge in [-0.1, -0.05) is 33.2 Å². The van der Waals surface area contributed by atoms with Crippen molar-refractivity contribution in [3.63, 3.8) is 0 Å². The lowest BCUT2D eigenvalue weighted by Gasteiger charge is -2.18. The van der Waals surface area contributed by atoms with Gasteiger partial charge < -0.3 is 9.63 Å². The number of hydrogen-bond donors (Lipinski definition) is 1. The number of likely N-dealkylation sites (tertiary alicyclic amines) is 1. The summed E-state index contributed by atoms with van der Waals surface area (Å²) in [5.41, 5.74) is 1.09. The van der Waals surface area contributed by atoms with Crippen molar-refractivity contribution in [3.05, 3.63) is 46.0 Å². The second-order valence-electron chi connectivity index (χ2n) is 5.38. The SMILES string of the molecule is O=C(O)C1CCCN1Cc1nc(Cc2cccc(Br)c2)no1. The molecule has 0 saturated carbocycles. The van der Waals surface area contributed by atoms with E-state index in [1.165, 1.54) is 0 Å². The first-order chi connectivity index (χ1) is 10.6. The van der Waals surface area contributed by atoms with Crippen LogP contribution < -0.4 is 0 Å². The Labute approximate surface area is 136 Å². The summed E-state index contributed by atoms with van der Waals surface area (Å²) in [4.78, 5) is 17.4. The first-order valence-electron chi connectivity index (χ1n) is 7.14. The molecular weight excluding hydrogens is 350 g/mol. The van der Waals surface area contributed by atoms with E-state index in [-0.39, 0.29) is 0 Å². The quantitative estimate of drug-likeness (QED) is 0.876. The lowest BCUT2D eigenvalue weighted by Crippen LogP contribution is -2.35. The highest BCUT2D eigenvalue weighted by atomic mass is 79.9. The third kappa shape index (κ3) is 3.53. The average molecular weight is 366 g/mol. The van der Waals surface area contributed by atoms with Crippen molar-refractivity contribution in [1.82, 2.24) is 15.0 Å². The predicted molar refractivity (Wildman–Crippen MR) is 82.3 cm³/mol. The lowest BCUT2D eigenvalue weighted by atomic mass is 10.1. The Bertz CT molecular complexity index is 674. The summed E-state index contributed by atoms with van der Waals surface area (Å²) in [6.07, 6.45) is 2.15. The van der Waals surface area contributed by atoms with Crippen molar-refractivity contribution < 1.29 is 14.4 Å². The molecule has 0 spiro atoms. The lowest BCUT2D eigenvalue weighted by molar-refractivity contribution is -0.142. The van der Waals surface area contributed by atoms with Gasteiger partial charge in [-0.2, -0.15) is 4.98 Å². The number of carboxylic acids is 1. The highest BCUT2D eigenvalue weighted by Gasteiger charge is 2.31. The fourth-order valence-electron chi connectivity index (χ4n) is 2.72. The maximum Gasteiger partial charge on any atom is 0.320 e. The van der Waals surface area contributed by atoms with Crippen molar-refractivity contribution in [2.45, 2.75) is 31.8 Å². The first kappa shape index (κ1) is 15.2. The minimum atomic E-state index is -0.786. The van der Waals surface area contributed by atoms with Crippen LogP contribution in [0.15, 0.2) is 33.3 Å². The molecule has 0 bridgehead atoms. The maximum atomic E-state index is 11.2. The Hall–Kier alpha value is -1.73. The molecule has 6 nitrogen and oxygen atoms in total. The first-order valence-corrected chi connectivity index (χ1v) is 7.94. The van der Waals surface area contributed by atoms with Crippen LogP contribution in [0.3, 0.4) is 0 Å². The molecule has 7 heteroatoms. The molecule has 1 aliphatic heterocycles. The second kappa shape index (κ2) is 6.58. The molecule has 1 fully saturated rings. The van der Waals surface area contributed by atoms with Crippen LogP contribution in [0, 0.1) is 0 Å². The molecule has 1 aromatic heterocycles. The molecule has 1 aromatic carbocycles. The van der Waals surface area contributed by atoms with Gasteiger partial charge in [-0.05, 0) is 37.1 Å². The van der Waals surface area contributed by atoms with E-state index in [0.29, 0.717) is 31.1 Å². The summed E-state index contributed by atoms with van der Waals surface area (Å²) in [5.74, 6) is 0.295. The van der Waals surface area contributed by atoms with Crippen LogP contribution in [-0.2, 0) is 17.8 Å². The third-order valence-corrected chi connectivity index (χ3v) is 4.24. The standard InChI is InChI=1S/C15H16BrN3O3/c16-11-4-1-3-10(7-11)8-13-17-14(22-18-13)9-19-6-2-5-12(19)15(20)21/h1,3-4,7,12H,2,5-6,8-9H2,(H,20,21). The Morgan fingerprint density at radius 1 is 1.50 bits per heavy atom. The van der Waals surface area contributed by atoms with E-state index in [4.69, 9.17) is 4.52 Å². The highest BCUT2D eigenvalue weighted by Crippen LogP contribution is 2.20. The fraction of sp³-hybridized carbons (Fsp3) is 0.400. The zero-order valence-electron chi connectivity index (χ0n) is 11.9. The molecule has 0 radical (unpaired) electrons. The van der Waals surface area contributed by atoms with Crippen molar-refractivity contribution in [2.24, 2.45) is 0 Å². The number of halogens is 1. The number of benzene rings is 1. The molecule has 1 saturated heterocycles. The third-order valence-electron chi connectivity index (χ3n) is 3.75. The fourth-order valence-corrected chi connectivity index (χ4v) is 3.17. The van der Waals surface area contributed by atoms with Crippen LogP contribution in [0.2, 0.25) is 0 Å². The van der Waals surface area contributed by atoms with Gasteiger partial charge in [-0.3, -0.25) is 9.69 Å². The Kier molecular flexibility index (Phi) is 4.54. The average Bonchev–Trinajstić information content (AvgIpc) is 3.09. The van der Waals surface area contributed by atoms with Gasteiger partial charge in [0.15, 0.2) is 5.82 Å². The number of aromatic nitrogens is 2. The van der Waals surface area contributed by atoms with Crippen LogP contribution in [-0.4, -0.2) is 38.7 Å². The Morgan fingerprint density at radius 3 is 3.14 bits per heavy atom. The summed E-state index contributed by atoms with van der Waals surface area (Å²) in [6.45, 7) is 1.14. The highest BCUT2D eigenvalue weighted by molar-refractivity contribution is 9.10. The maximum absolute atomic E-state index is 11.2. The van der Waals surface area contributed by atoms with E-state index < -0.39 is 12.0 Å². The van der Waals surface area contributed by atoms with Gasteiger partial charge >= 0.3 is 5.97 Å². The summed E-state index contributed by atoms with van der Waals surface area (Å²) >= 11 is 3.43. The molecule has 0 amide bonds. The van der Waals surface area contributed by atoms with E-state index in [1.54, 1.807) is 0 Å². The van der Waals surface area contributed by atoms with Gasteiger partial charge in [0.1, 0.15) is 6.04 Å². The van der Waals surface area contributed by atoms with Crippen molar-refractivity contribution >= 4 is 21.9 Å². The van der Waals surface area contributed by atoms with Gasteiger partial charge in [0.05, 0.1) is 6.54 Å². The number of nitrogens with zero attached hydrogens (tertiary/aromatic N) is 3. The molecule has 3 rings (SSSR count). The summed E-state index contributed by atoms with van der Waals surface area (Å²) in [6, 6.07) is 7.49. The monoisotopic (exact) mass is 365 g/mol. The van der Waals surface area contributed by atoms with Crippen molar-refractivity contribution in [2.75, 3.05) is 6.54 Å². The normalized spacial score (nSPS) is 18.7. The van der Waals surface area contributed by atoms with Crippen molar-refractivity contribution in [3.8, 4) is 0 Å². The zero-order valence-corrected chi connectivity index (χ0v) is 13.5. The van der Waals surface area contributed by atoms with Crippen LogP contribution >= 0.6 is 15.9 Å². The molecule has 0 aliphatic carbocycles. The van der Waals surface area contributed by atoms with Crippen molar-refractivity contribution in [1.29, 1.82) is 0 Å². The molecule has 1 N–H and O–H groups in total. The van der Waals surface area contributed by atoms with E-state index in [0.717, 1.165) is 23.0 Å². The molecule has 2 aromatic rings. The van der Waals surface area contributed by atoms with Gasteiger partial charge in [-0.25, -0.2) is 0 Å². The molecule has 1 atom stereocenters. The minimum absolute atomic E-state index is 0.391. The predicted octanol–water partition coefficient (Wildman–Crippen LogP) is 2.47. The number of carbonyl (C=O) groups is 1. The number of hydrogen-bond acceptors (Lipinski definition) is 5. The van der Waals surface area contributed by atoms with Gasteiger partial charge in [0, 0.05) is 10.9 Å². The molecule has 22 heavy (non-hydrogen) atoms.